The van der Waals surface area contributed by atoms with Crippen molar-refractivity contribution in [2.75, 3.05) is 23.1 Å². The Balaban J connectivity index is 1.38. The Morgan fingerprint density at radius 3 is 2.54 bits per heavy atom. The zero-order chi connectivity index (χ0) is 26.2. The second-order valence-electron chi connectivity index (χ2n) is 7.89. The number of methoxy groups -OCH3 is 1. The van der Waals surface area contributed by atoms with E-state index in [1.807, 2.05) is 91.2 Å². The lowest BCUT2D eigenvalue weighted by Crippen LogP contribution is -2.22. The summed E-state index contributed by atoms with van der Waals surface area (Å²) < 4.78 is 5.35. The number of nitrogens with one attached hydrogen (secondary N) is 3. The van der Waals surface area contributed by atoms with Crippen LogP contribution in [0.5, 0.6) is 5.75 Å². The summed E-state index contributed by atoms with van der Waals surface area (Å²) in [6.07, 6.45) is 0. The highest BCUT2D eigenvalue weighted by Gasteiger charge is 2.20. The minimum atomic E-state index is -0.386. The number of thiophene rings is 1. The SMILES string of the molecule is COc1ccccc1NC(=S)Nc1cccc(SC(C)C(=O)Nc2scc(-c3ccccc3)c2C#N)c1. The number of nitrogens with zero attached hydrogens (tertiary/aromatic N) is 1. The number of ether oxygens (including phenoxy) is 1. The molecule has 0 aliphatic rings. The van der Waals surface area contributed by atoms with Crippen molar-refractivity contribution in [3.63, 3.8) is 0 Å². The van der Waals surface area contributed by atoms with Crippen molar-refractivity contribution >= 4 is 62.7 Å². The number of para-hydroxylation sites is 2. The van der Waals surface area contributed by atoms with Crippen LogP contribution in [0.3, 0.4) is 0 Å². The van der Waals surface area contributed by atoms with Crippen molar-refractivity contribution < 1.29 is 9.53 Å². The minimum absolute atomic E-state index is 0.172. The molecular weight excluding hydrogens is 521 g/mol. The molecule has 0 spiro atoms. The van der Waals surface area contributed by atoms with Crippen LogP contribution >= 0.6 is 35.3 Å². The van der Waals surface area contributed by atoms with Crippen LogP contribution in [0, 0.1) is 11.3 Å². The molecule has 6 nitrogen and oxygen atoms in total. The van der Waals surface area contributed by atoms with E-state index in [2.05, 4.69) is 22.0 Å². The molecule has 3 N–H and O–H groups in total. The number of hydrogen-bond donors (Lipinski definition) is 3. The first-order valence-corrected chi connectivity index (χ1v) is 13.5. The molecule has 3 aromatic carbocycles. The van der Waals surface area contributed by atoms with E-state index >= 15 is 0 Å². The summed E-state index contributed by atoms with van der Waals surface area (Å²) >= 11 is 8.24. The van der Waals surface area contributed by atoms with Crippen LogP contribution in [0.4, 0.5) is 16.4 Å². The fraction of sp³-hybridized carbons (Fsp3) is 0.107. The number of benzene rings is 3. The Labute approximate surface area is 229 Å². The van der Waals surface area contributed by atoms with E-state index in [0.717, 1.165) is 27.4 Å². The maximum atomic E-state index is 13.0. The Morgan fingerprint density at radius 2 is 1.78 bits per heavy atom. The van der Waals surface area contributed by atoms with Gasteiger partial charge in [-0.05, 0) is 55.0 Å². The summed E-state index contributed by atoms with van der Waals surface area (Å²) in [6.45, 7) is 1.84. The Morgan fingerprint density at radius 1 is 1.03 bits per heavy atom. The van der Waals surface area contributed by atoms with Crippen molar-refractivity contribution in [3.05, 3.63) is 89.8 Å². The molecule has 186 valence electrons. The maximum Gasteiger partial charge on any atom is 0.238 e. The van der Waals surface area contributed by atoms with Gasteiger partial charge in [-0.2, -0.15) is 5.26 Å². The van der Waals surface area contributed by atoms with Gasteiger partial charge < -0.3 is 20.7 Å². The molecule has 0 aliphatic heterocycles. The molecule has 4 rings (SSSR count). The van der Waals surface area contributed by atoms with Gasteiger partial charge in [-0.25, -0.2) is 0 Å². The average molecular weight is 545 g/mol. The lowest BCUT2D eigenvalue weighted by molar-refractivity contribution is -0.115. The van der Waals surface area contributed by atoms with Gasteiger partial charge in [0.05, 0.1) is 23.6 Å². The molecule has 1 amide bonds. The van der Waals surface area contributed by atoms with Gasteiger partial charge in [-0.15, -0.1) is 23.1 Å². The number of carbonyl (C=O) groups excluding carboxylic acids is 1. The zero-order valence-corrected chi connectivity index (χ0v) is 22.6. The lowest BCUT2D eigenvalue weighted by atomic mass is 10.1. The monoisotopic (exact) mass is 544 g/mol. The molecule has 1 atom stereocenters. The van der Waals surface area contributed by atoms with E-state index in [1.54, 1.807) is 7.11 Å². The third-order valence-corrected chi connectivity index (χ3v) is 7.55. The van der Waals surface area contributed by atoms with Gasteiger partial charge in [-0.3, -0.25) is 4.79 Å². The van der Waals surface area contributed by atoms with Crippen molar-refractivity contribution in [2.45, 2.75) is 17.1 Å². The quantitative estimate of drug-likeness (QED) is 0.159. The van der Waals surface area contributed by atoms with E-state index in [9.17, 15) is 10.1 Å². The lowest BCUT2D eigenvalue weighted by Gasteiger charge is -2.15. The molecule has 4 aromatic rings. The van der Waals surface area contributed by atoms with Crippen LogP contribution in [0.2, 0.25) is 0 Å². The molecular formula is C28H24N4O2S3. The predicted molar refractivity (Wildman–Crippen MR) is 158 cm³/mol. The van der Waals surface area contributed by atoms with Gasteiger partial charge >= 0.3 is 0 Å². The van der Waals surface area contributed by atoms with Gasteiger partial charge in [-0.1, -0.05) is 48.5 Å². The fourth-order valence-electron chi connectivity index (χ4n) is 3.54. The Bertz CT molecular complexity index is 1450. The molecule has 0 saturated heterocycles. The first-order chi connectivity index (χ1) is 18.0. The number of nitriles is 1. The normalized spacial score (nSPS) is 11.2. The minimum Gasteiger partial charge on any atom is -0.495 e. The summed E-state index contributed by atoms with van der Waals surface area (Å²) in [6, 6.07) is 27.1. The predicted octanol–water partition coefficient (Wildman–Crippen LogP) is 7.22. The highest BCUT2D eigenvalue weighted by molar-refractivity contribution is 8.00. The van der Waals surface area contributed by atoms with Gasteiger partial charge in [0, 0.05) is 21.5 Å². The van der Waals surface area contributed by atoms with Crippen LogP contribution < -0.4 is 20.7 Å². The summed E-state index contributed by atoms with van der Waals surface area (Å²) in [7, 11) is 1.61. The molecule has 9 heteroatoms. The van der Waals surface area contributed by atoms with Crippen LogP contribution in [-0.4, -0.2) is 23.4 Å². The average Bonchev–Trinajstić information content (AvgIpc) is 3.32. The molecule has 1 aromatic heterocycles. The second-order valence-corrected chi connectivity index (χ2v) is 10.6. The standard InChI is InChI=1S/C28H24N4O2S3/c1-18(26(33)32-27-22(16-29)23(17-36-27)19-9-4-3-5-10-19)37-21-12-8-11-20(15-21)30-28(35)31-24-13-6-7-14-25(24)34-2/h3-15,17-18H,1-2H3,(H,32,33)(H2,30,31,35). The molecule has 0 aliphatic carbocycles. The first-order valence-electron chi connectivity index (χ1n) is 11.3. The summed E-state index contributed by atoms with van der Waals surface area (Å²) in [4.78, 5) is 13.9. The number of thiocarbonyl (C=S) groups is 1. The zero-order valence-electron chi connectivity index (χ0n) is 20.1. The van der Waals surface area contributed by atoms with Gasteiger partial charge in [0.1, 0.15) is 16.8 Å². The van der Waals surface area contributed by atoms with Crippen molar-refractivity contribution in [1.29, 1.82) is 5.26 Å². The summed E-state index contributed by atoms with van der Waals surface area (Å²) in [5.74, 6) is 0.520. The Kier molecular flexibility index (Phi) is 8.80. The topological polar surface area (TPSA) is 86.2 Å². The van der Waals surface area contributed by atoms with Crippen LogP contribution in [-0.2, 0) is 4.79 Å². The van der Waals surface area contributed by atoms with E-state index in [1.165, 1.54) is 23.1 Å². The first kappa shape index (κ1) is 26.2. The third kappa shape index (κ3) is 6.68. The molecule has 37 heavy (non-hydrogen) atoms. The molecule has 0 fully saturated rings. The number of thioether (sulfide) groups is 1. The second kappa shape index (κ2) is 12.4. The number of hydrogen-bond acceptors (Lipinski definition) is 6. The van der Waals surface area contributed by atoms with E-state index in [0.29, 0.717) is 21.4 Å². The fourth-order valence-corrected chi connectivity index (χ4v) is 5.62. The van der Waals surface area contributed by atoms with Crippen LogP contribution in [0.1, 0.15) is 12.5 Å². The highest BCUT2D eigenvalue weighted by atomic mass is 32.2. The van der Waals surface area contributed by atoms with E-state index in [-0.39, 0.29) is 11.2 Å². The van der Waals surface area contributed by atoms with Crippen molar-refractivity contribution in [1.82, 2.24) is 0 Å². The number of amides is 1. The largest absolute Gasteiger partial charge is 0.495 e. The van der Waals surface area contributed by atoms with Gasteiger partial charge in [0.25, 0.3) is 0 Å². The summed E-state index contributed by atoms with van der Waals surface area (Å²) in [5, 5.41) is 21.5. The molecule has 0 radical (unpaired) electrons. The highest BCUT2D eigenvalue weighted by Crippen LogP contribution is 2.36. The Hall–Kier alpha value is -3.84. The van der Waals surface area contributed by atoms with Gasteiger partial charge in [0.2, 0.25) is 5.91 Å². The molecule has 0 saturated carbocycles. The smallest absolute Gasteiger partial charge is 0.238 e. The van der Waals surface area contributed by atoms with Crippen LogP contribution in [0.15, 0.2) is 89.1 Å². The number of anilines is 3. The maximum absolute atomic E-state index is 13.0. The van der Waals surface area contributed by atoms with Gasteiger partial charge in [0.15, 0.2) is 5.11 Å². The third-order valence-electron chi connectivity index (χ3n) is 5.35. The summed E-state index contributed by atoms with van der Waals surface area (Å²) in [5.41, 5.74) is 3.80. The van der Waals surface area contributed by atoms with Crippen molar-refractivity contribution in [3.8, 4) is 22.9 Å². The molecule has 1 heterocycles. The molecule has 1 unspecified atom stereocenters. The van der Waals surface area contributed by atoms with E-state index < -0.39 is 0 Å². The number of rotatable bonds is 8. The van der Waals surface area contributed by atoms with Crippen LogP contribution in [0.25, 0.3) is 11.1 Å². The van der Waals surface area contributed by atoms with Crippen molar-refractivity contribution in [2.24, 2.45) is 0 Å². The van der Waals surface area contributed by atoms with E-state index in [4.69, 9.17) is 17.0 Å². The molecule has 0 bridgehead atoms. The number of carbonyl (C=O) groups is 1.